The molecule has 8 heteroatoms. The number of nitrogens with zero attached hydrogens (tertiary/aromatic N) is 2. The molecule has 1 N–H and O–H groups in total. The monoisotopic (exact) mass is 692 g/mol. The van der Waals surface area contributed by atoms with Gasteiger partial charge in [0.15, 0.2) is 5.78 Å². The van der Waals surface area contributed by atoms with Crippen LogP contribution in [0.25, 0.3) is 11.3 Å². The van der Waals surface area contributed by atoms with Crippen LogP contribution in [0.3, 0.4) is 0 Å². The van der Waals surface area contributed by atoms with Crippen molar-refractivity contribution in [1.82, 2.24) is 9.97 Å². The molecule has 1 aromatic heterocycles. The van der Waals surface area contributed by atoms with Gasteiger partial charge < -0.3 is 10.1 Å². The largest absolute Gasteiger partial charge is 0.512 e. The number of carbonyl (C=O) groups is 1. The van der Waals surface area contributed by atoms with E-state index >= 15 is 0 Å². The molecule has 0 spiro atoms. The van der Waals surface area contributed by atoms with Gasteiger partial charge >= 0.3 is 0 Å². The molecular weight excluding hydrogens is 672 g/mol. The molecule has 35 heavy (non-hydrogen) atoms. The Labute approximate surface area is 227 Å². The van der Waals surface area contributed by atoms with E-state index in [2.05, 4.69) is 70.6 Å². The Kier molecular flexibility index (Phi) is 8.26. The minimum absolute atomic E-state index is 0. The molecule has 1 radical (unpaired) electrons. The van der Waals surface area contributed by atoms with Crippen LogP contribution in [0.4, 0.5) is 0 Å². The first-order chi connectivity index (χ1) is 16.5. The minimum Gasteiger partial charge on any atom is -0.512 e. The van der Waals surface area contributed by atoms with Crippen molar-refractivity contribution in [1.29, 1.82) is 0 Å². The summed E-state index contributed by atoms with van der Waals surface area (Å²) in [5, 5.41) is 12.7. The first kappa shape index (κ1) is 25.8. The van der Waals surface area contributed by atoms with E-state index in [4.69, 9.17) is 5.11 Å². The van der Waals surface area contributed by atoms with Crippen molar-refractivity contribution in [3.05, 3.63) is 91.1 Å². The maximum absolute atomic E-state index is 10.0. The minimum atomic E-state index is -0.541. The van der Waals surface area contributed by atoms with E-state index in [-0.39, 0.29) is 31.6 Å². The molecule has 2 aliphatic rings. The summed E-state index contributed by atoms with van der Waals surface area (Å²) >= 11 is 3.70. The second-order valence-corrected chi connectivity index (χ2v) is 11.9. The van der Waals surface area contributed by atoms with E-state index in [1.807, 2.05) is 29.7 Å². The molecule has 0 bridgehead atoms. The number of hydrogen-bond acceptors (Lipinski definition) is 6. The van der Waals surface area contributed by atoms with Crippen LogP contribution in [-0.4, -0.2) is 20.9 Å². The van der Waals surface area contributed by atoms with Crippen molar-refractivity contribution in [2.75, 3.05) is 0 Å². The van der Waals surface area contributed by atoms with Gasteiger partial charge in [0.1, 0.15) is 0 Å². The van der Waals surface area contributed by atoms with Crippen LogP contribution in [0.5, 0.6) is 0 Å². The first-order valence-electron chi connectivity index (χ1n) is 10.6. The molecule has 0 amide bonds. The van der Waals surface area contributed by atoms with Crippen molar-refractivity contribution in [2.24, 2.45) is 0 Å². The summed E-state index contributed by atoms with van der Waals surface area (Å²) in [6.45, 7) is 2.85. The zero-order valence-electron chi connectivity index (χ0n) is 18.9. The van der Waals surface area contributed by atoms with E-state index in [0.29, 0.717) is 0 Å². The number of aromatic nitrogens is 2. The fraction of sp³-hybridized carbons (Fsp3) is 0.0741. The predicted octanol–water partition coefficient (Wildman–Crippen LogP) is 5.67. The second-order valence-electron chi connectivity index (χ2n) is 7.69. The van der Waals surface area contributed by atoms with E-state index in [1.165, 1.54) is 55.4 Å². The number of carbonyl (C=O) groups excluding carboxylic acids is 1. The predicted molar refractivity (Wildman–Crippen MR) is 140 cm³/mol. The maximum Gasteiger partial charge on any atom is 0.155 e. The molecular formula is C27H20IrN2O2PS2-. The Morgan fingerprint density at radius 1 is 0.971 bits per heavy atom. The number of rotatable bonds is 2. The zero-order valence-corrected chi connectivity index (χ0v) is 23.8. The Morgan fingerprint density at radius 3 is 2.20 bits per heavy atom. The standard InChI is InChI=1S/C22H12N2PS2.C5H8O2.Ir/c1-3-7-18-16(5-1)25-17-6-2-4-8-19(17)27-21-12-14(11-20(26-18)22(21)25)15-13-23-9-10-24-15;1-4(6)3-5(2)7;/h1-11,13H;3,6H,1-2H3;/q-1;;/b;4-3-;. The molecule has 0 aliphatic carbocycles. The van der Waals surface area contributed by atoms with Gasteiger partial charge in [-0.25, -0.2) is 0 Å². The van der Waals surface area contributed by atoms with Gasteiger partial charge in [-0.15, -0.1) is 41.2 Å². The molecule has 2 aliphatic heterocycles. The van der Waals surface area contributed by atoms with Crippen LogP contribution in [0.2, 0.25) is 0 Å². The summed E-state index contributed by atoms with van der Waals surface area (Å²) in [5.74, 6) is -0.0625. The number of aliphatic hydroxyl groups is 1. The van der Waals surface area contributed by atoms with Gasteiger partial charge in [-0.2, -0.15) is 0 Å². The van der Waals surface area contributed by atoms with Gasteiger partial charge in [0, 0.05) is 60.3 Å². The van der Waals surface area contributed by atoms with Crippen molar-refractivity contribution in [3.8, 4) is 11.3 Å². The number of benzene rings is 3. The number of fused-ring (bicyclic) bond motifs is 4. The molecule has 3 aromatic carbocycles. The second kappa shape index (κ2) is 11.2. The van der Waals surface area contributed by atoms with E-state index in [9.17, 15) is 4.79 Å². The Balaban J connectivity index is 0.000000320. The maximum atomic E-state index is 10.0. The molecule has 0 fully saturated rings. The van der Waals surface area contributed by atoms with Crippen molar-refractivity contribution in [3.63, 3.8) is 0 Å². The molecule has 1 atom stereocenters. The Morgan fingerprint density at radius 2 is 1.63 bits per heavy atom. The number of aliphatic hydroxyl groups excluding tert-OH is 1. The van der Waals surface area contributed by atoms with Crippen LogP contribution in [0.15, 0.2) is 105 Å². The fourth-order valence-corrected chi connectivity index (χ4v) is 9.71. The van der Waals surface area contributed by atoms with Crippen LogP contribution >= 0.6 is 31.4 Å². The normalized spacial score (nSPS) is 14.8. The molecule has 177 valence electrons. The quantitative estimate of drug-likeness (QED) is 0.109. The van der Waals surface area contributed by atoms with Crippen LogP contribution < -0.4 is 15.9 Å². The smallest absolute Gasteiger partial charge is 0.155 e. The van der Waals surface area contributed by atoms with Crippen molar-refractivity contribution in [2.45, 2.75) is 33.4 Å². The van der Waals surface area contributed by atoms with Gasteiger partial charge in [-0.1, -0.05) is 59.4 Å². The fourth-order valence-electron chi connectivity index (χ4n) is 3.82. The Bertz CT molecular complexity index is 1360. The Hall–Kier alpha value is -2.27. The van der Waals surface area contributed by atoms with E-state index in [0.717, 1.165) is 11.3 Å². The van der Waals surface area contributed by atoms with Crippen LogP contribution in [0, 0.1) is 6.07 Å². The molecule has 4 aromatic rings. The molecule has 1 unspecified atom stereocenters. The number of ketones is 1. The molecule has 6 rings (SSSR count). The third-order valence-electron chi connectivity index (χ3n) is 5.09. The first-order valence-corrected chi connectivity index (χ1v) is 13.6. The van der Waals surface area contributed by atoms with Crippen LogP contribution in [0.1, 0.15) is 13.8 Å². The third-order valence-corrected chi connectivity index (χ3v) is 10.6. The third kappa shape index (κ3) is 5.45. The van der Waals surface area contributed by atoms with Crippen molar-refractivity contribution < 1.29 is 30.0 Å². The number of hydrogen-bond donors (Lipinski definition) is 1. The van der Waals surface area contributed by atoms with Crippen molar-refractivity contribution >= 4 is 53.1 Å². The summed E-state index contributed by atoms with van der Waals surface area (Å²) in [5.41, 5.74) is 1.89. The average Bonchev–Trinajstić information content (AvgIpc) is 2.83. The van der Waals surface area contributed by atoms with Gasteiger partial charge in [-0.05, 0) is 36.6 Å². The summed E-state index contributed by atoms with van der Waals surface area (Å²) in [6, 6.07) is 23.6. The summed E-state index contributed by atoms with van der Waals surface area (Å²) in [7, 11) is -0.541. The van der Waals surface area contributed by atoms with Gasteiger partial charge in [0.05, 0.1) is 5.76 Å². The summed E-state index contributed by atoms with van der Waals surface area (Å²) in [4.78, 5) is 24.0. The van der Waals surface area contributed by atoms with Gasteiger partial charge in [0.2, 0.25) is 0 Å². The SMILES string of the molecule is CC(=O)/C=C(/C)O.[Ir].[c-]1c(-c2cnccn2)cc2c3c1Sc1ccccc1P3c1ccccc1S2. The molecule has 0 saturated heterocycles. The van der Waals surface area contributed by atoms with Gasteiger partial charge in [-0.3, -0.25) is 9.78 Å². The summed E-state index contributed by atoms with van der Waals surface area (Å²) < 4.78 is 0. The molecule has 0 saturated carbocycles. The molecule has 4 nitrogen and oxygen atoms in total. The van der Waals surface area contributed by atoms with Gasteiger partial charge in [0.25, 0.3) is 0 Å². The van der Waals surface area contributed by atoms with Crippen LogP contribution in [-0.2, 0) is 24.9 Å². The summed E-state index contributed by atoms with van der Waals surface area (Å²) in [6.07, 6.45) is 6.43. The molecule has 3 heterocycles. The number of allylic oxidation sites excluding steroid dienone is 2. The van der Waals surface area contributed by atoms with E-state index < -0.39 is 7.92 Å². The topological polar surface area (TPSA) is 63.1 Å². The van der Waals surface area contributed by atoms with E-state index in [1.54, 1.807) is 12.4 Å². The zero-order chi connectivity index (χ0) is 23.7. The average molecular weight is 692 g/mol.